The first-order valence-electron chi connectivity index (χ1n) is 7.97. The van der Waals surface area contributed by atoms with Gasteiger partial charge in [0.1, 0.15) is 11.5 Å². The van der Waals surface area contributed by atoms with E-state index in [1.807, 2.05) is 35.4 Å². The number of halogens is 2. The molecule has 2 aromatic carbocycles. The monoisotopic (exact) mass is 358 g/mol. The predicted molar refractivity (Wildman–Crippen MR) is 93.0 cm³/mol. The molecule has 128 valence electrons. The molecule has 2 heterocycles. The first-order chi connectivity index (χ1) is 12.2. The molecule has 0 saturated carbocycles. The number of anilines is 1. The van der Waals surface area contributed by atoms with E-state index in [0.717, 1.165) is 23.5 Å². The van der Waals surface area contributed by atoms with Crippen molar-refractivity contribution in [2.24, 2.45) is 0 Å². The van der Waals surface area contributed by atoms with Gasteiger partial charge in [0.2, 0.25) is 0 Å². The summed E-state index contributed by atoms with van der Waals surface area (Å²) in [6.45, 7) is 1.89. The molecule has 0 radical (unpaired) electrons. The molecule has 0 unspecified atom stereocenters. The maximum atomic E-state index is 13.1. The molecule has 1 fully saturated rings. The SMILES string of the molecule is Fc1ccc(N2CCO[C@@H]2c2cn(Cc3cccc(Cl)c3)nn2)cc1. The normalized spacial score (nSPS) is 17.2. The van der Waals surface area contributed by atoms with Crippen molar-refractivity contribution in [2.75, 3.05) is 18.1 Å². The minimum atomic E-state index is -0.321. The van der Waals surface area contributed by atoms with E-state index in [-0.39, 0.29) is 12.0 Å². The molecule has 1 aliphatic rings. The Kier molecular flexibility index (Phi) is 4.38. The maximum Gasteiger partial charge on any atom is 0.177 e. The lowest BCUT2D eigenvalue weighted by atomic mass is 10.2. The molecule has 1 aliphatic heterocycles. The summed E-state index contributed by atoms with van der Waals surface area (Å²) in [7, 11) is 0. The largest absolute Gasteiger partial charge is 0.350 e. The molecule has 1 aromatic heterocycles. The Balaban J connectivity index is 1.53. The standard InChI is InChI=1S/C18H16ClFN4O/c19-14-3-1-2-13(10-14)11-23-12-17(21-22-23)18-24(8-9-25-18)16-6-4-15(20)5-7-16/h1-7,10,12,18H,8-9,11H2/t18-/m1/s1. The minimum Gasteiger partial charge on any atom is -0.350 e. The number of aromatic nitrogens is 3. The molecular weight excluding hydrogens is 343 g/mol. The number of hydrogen-bond acceptors (Lipinski definition) is 4. The van der Waals surface area contributed by atoms with Crippen molar-refractivity contribution in [3.8, 4) is 0 Å². The van der Waals surface area contributed by atoms with Crippen LogP contribution in [0.4, 0.5) is 10.1 Å². The van der Waals surface area contributed by atoms with Crippen LogP contribution in [0.1, 0.15) is 17.5 Å². The second-order valence-corrected chi connectivity index (χ2v) is 6.30. The van der Waals surface area contributed by atoms with Crippen LogP contribution in [0.3, 0.4) is 0 Å². The van der Waals surface area contributed by atoms with Gasteiger partial charge >= 0.3 is 0 Å². The number of nitrogens with zero attached hydrogens (tertiary/aromatic N) is 4. The van der Waals surface area contributed by atoms with Gasteiger partial charge in [-0.15, -0.1) is 5.10 Å². The summed E-state index contributed by atoms with van der Waals surface area (Å²) >= 11 is 6.02. The molecular formula is C18H16ClFN4O. The van der Waals surface area contributed by atoms with Gasteiger partial charge in [-0.05, 0) is 42.0 Å². The first-order valence-corrected chi connectivity index (χ1v) is 8.35. The van der Waals surface area contributed by atoms with Crippen LogP contribution in [-0.4, -0.2) is 28.1 Å². The average Bonchev–Trinajstić information content (AvgIpc) is 3.24. The minimum absolute atomic E-state index is 0.257. The first kappa shape index (κ1) is 16.1. The third-order valence-corrected chi connectivity index (χ3v) is 4.33. The Bertz CT molecular complexity index is 868. The summed E-state index contributed by atoms with van der Waals surface area (Å²) in [6, 6.07) is 14.0. The molecule has 25 heavy (non-hydrogen) atoms. The van der Waals surface area contributed by atoms with Crippen LogP contribution >= 0.6 is 11.6 Å². The molecule has 0 amide bonds. The van der Waals surface area contributed by atoms with Crippen LogP contribution in [0.5, 0.6) is 0 Å². The van der Waals surface area contributed by atoms with E-state index in [1.54, 1.807) is 16.8 Å². The molecule has 0 spiro atoms. The van der Waals surface area contributed by atoms with Crippen molar-refractivity contribution in [1.82, 2.24) is 15.0 Å². The van der Waals surface area contributed by atoms with E-state index in [1.165, 1.54) is 12.1 Å². The Labute approximate surface area is 149 Å². The van der Waals surface area contributed by atoms with Gasteiger partial charge in [0.25, 0.3) is 0 Å². The van der Waals surface area contributed by atoms with Crippen LogP contribution in [0.2, 0.25) is 5.02 Å². The lowest BCUT2D eigenvalue weighted by Gasteiger charge is -2.23. The van der Waals surface area contributed by atoms with Gasteiger partial charge < -0.3 is 9.64 Å². The molecule has 0 N–H and O–H groups in total. The van der Waals surface area contributed by atoms with Crippen LogP contribution in [-0.2, 0) is 11.3 Å². The Morgan fingerprint density at radius 2 is 2.04 bits per heavy atom. The van der Waals surface area contributed by atoms with Gasteiger partial charge in [0, 0.05) is 17.3 Å². The molecule has 7 heteroatoms. The third kappa shape index (κ3) is 3.50. The Morgan fingerprint density at radius 3 is 2.84 bits per heavy atom. The Morgan fingerprint density at radius 1 is 1.20 bits per heavy atom. The van der Waals surface area contributed by atoms with Gasteiger partial charge in [0.15, 0.2) is 6.23 Å². The summed E-state index contributed by atoms with van der Waals surface area (Å²) in [5.41, 5.74) is 2.67. The number of ether oxygens (including phenoxy) is 1. The second-order valence-electron chi connectivity index (χ2n) is 5.86. The fraction of sp³-hybridized carbons (Fsp3) is 0.222. The zero-order valence-corrected chi connectivity index (χ0v) is 14.1. The zero-order valence-electron chi connectivity index (χ0n) is 13.3. The van der Waals surface area contributed by atoms with Crippen LogP contribution < -0.4 is 4.90 Å². The fourth-order valence-corrected chi connectivity index (χ4v) is 3.15. The van der Waals surface area contributed by atoms with Crippen molar-refractivity contribution in [1.29, 1.82) is 0 Å². The molecule has 0 bridgehead atoms. The lowest BCUT2D eigenvalue weighted by molar-refractivity contribution is 0.110. The van der Waals surface area contributed by atoms with Crippen molar-refractivity contribution in [3.05, 3.63) is 76.8 Å². The summed E-state index contributed by atoms with van der Waals surface area (Å²) in [5, 5.41) is 9.13. The fourth-order valence-electron chi connectivity index (χ4n) is 2.94. The average molecular weight is 359 g/mol. The predicted octanol–water partition coefficient (Wildman–Crippen LogP) is 3.65. The van der Waals surface area contributed by atoms with E-state index in [2.05, 4.69) is 10.3 Å². The molecule has 4 rings (SSSR count). The highest BCUT2D eigenvalue weighted by atomic mass is 35.5. The molecule has 1 atom stereocenters. The zero-order chi connectivity index (χ0) is 17.2. The van der Waals surface area contributed by atoms with Crippen molar-refractivity contribution in [3.63, 3.8) is 0 Å². The smallest absolute Gasteiger partial charge is 0.177 e. The molecule has 0 aliphatic carbocycles. The van der Waals surface area contributed by atoms with Crippen LogP contribution in [0.25, 0.3) is 0 Å². The summed E-state index contributed by atoms with van der Waals surface area (Å²) in [4.78, 5) is 2.05. The number of rotatable bonds is 4. The third-order valence-electron chi connectivity index (χ3n) is 4.09. The van der Waals surface area contributed by atoms with Gasteiger partial charge in [-0.25, -0.2) is 9.07 Å². The topological polar surface area (TPSA) is 43.2 Å². The summed E-state index contributed by atoms with van der Waals surface area (Å²) in [5.74, 6) is -0.257. The number of benzene rings is 2. The maximum absolute atomic E-state index is 13.1. The Hall–Kier alpha value is -2.44. The van der Waals surface area contributed by atoms with E-state index in [4.69, 9.17) is 16.3 Å². The second kappa shape index (κ2) is 6.82. The highest BCUT2D eigenvalue weighted by molar-refractivity contribution is 6.30. The molecule has 1 saturated heterocycles. The molecule has 5 nitrogen and oxygen atoms in total. The van der Waals surface area contributed by atoms with Crippen LogP contribution in [0, 0.1) is 5.82 Å². The van der Waals surface area contributed by atoms with Gasteiger partial charge in [-0.1, -0.05) is 28.9 Å². The summed E-state index contributed by atoms with van der Waals surface area (Å²) < 4.78 is 20.7. The van der Waals surface area contributed by atoms with Crippen molar-refractivity contribution < 1.29 is 9.13 Å². The number of hydrogen-bond donors (Lipinski definition) is 0. The quantitative estimate of drug-likeness (QED) is 0.714. The van der Waals surface area contributed by atoms with E-state index in [9.17, 15) is 4.39 Å². The molecule has 3 aromatic rings. The van der Waals surface area contributed by atoms with Gasteiger partial charge in [0.05, 0.1) is 19.3 Å². The van der Waals surface area contributed by atoms with Gasteiger partial charge in [-0.3, -0.25) is 0 Å². The van der Waals surface area contributed by atoms with E-state index < -0.39 is 0 Å². The van der Waals surface area contributed by atoms with Crippen molar-refractivity contribution >= 4 is 17.3 Å². The van der Waals surface area contributed by atoms with Gasteiger partial charge in [-0.2, -0.15) is 0 Å². The van der Waals surface area contributed by atoms with Crippen LogP contribution in [0.15, 0.2) is 54.7 Å². The van der Waals surface area contributed by atoms with E-state index >= 15 is 0 Å². The van der Waals surface area contributed by atoms with E-state index in [0.29, 0.717) is 18.2 Å². The lowest BCUT2D eigenvalue weighted by Crippen LogP contribution is -2.23. The highest BCUT2D eigenvalue weighted by Gasteiger charge is 2.29. The summed E-state index contributed by atoms with van der Waals surface area (Å²) in [6.07, 6.45) is 1.55. The highest BCUT2D eigenvalue weighted by Crippen LogP contribution is 2.31. The van der Waals surface area contributed by atoms with Crippen molar-refractivity contribution in [2.45, 2.75) is 12.8 Å².